The highest BCUT2D eigenvalue weighted by molar-refractivity contribution is 7.80. The van der Waals surface area contributed by atoms with Crippen molar-refractivity contribution in [3.63, 3.8) is 0 Å². The summed E-state index contributed by atoms with van der Waals surface area (Å²) in [6, 6.07) is 7.39. The Balaban J connectivity index is 0.00000180. The van der Waals surface area contributed by atoms with E-state index in [1.165, 1.54) is 0 Å². The van der Waals surface area contributed by atoms with E-state index >= 15 is 0 Å². The third-order valence-corrected chi connectivity index (χ3v) is 4.06. The molecule has 106 valence electrons. The molecular formula is C13H18Cl2N2OS. The first-order chi connectivity index (χ1) is 8.49. The zero-order chi connectivity index (χ0) is 13.2. The molecular weight excluding hydrogens is 303 g/mol. The maximum atomic E-state index is 6.07. The fraction of sp³-hybridized carbons (Fsp3) is 0.462. The second-order valence-electron chi connectivity index (χ2n) is 4.77. The molecule has 0 aliphatic carbocycles. The minimum atomic E-state index is -0.342. The molecule has 0 radical (unpaired) electrons. The maximum absolute atomic E-state index is 6.07. The topological polar surface area (TPSA) is 38.5 Å². The molecule has 1 heterocycles. The summed E-state index contributed by atoms with van der Waals surface area (Å²) in [7, 11) is 0. The van der Waals surface area contributed by atoms with Gasteiger partial charge in [0.25, 0.3) is 0 Å². The monoisotopic (exact) mass is 320 g/mol. The van der Waals surface area contributed by atoms with Gasteiger partial charge in [-0.3, -0.25) is 0 Å². The van der Waals surface area contributed by atoms with E-state index < -0.39 is 0 Å². The summed E-state index contributed by atoms with van der Waals surface area (Å²) in [6.07, 6.45) is 0.906. The predicted octanol–water partition coefficient (Wildman–Crippen LogP) is 2.89. The van der Waals surface area contributed by atoms with E-state index in [4.69, 9.17) is 34.3 Å². The predicted molar refractivity (Wildman–Crippen MR) is 85.6 cm³/mol. The molecule has 1 atom stereocenters. The molecule has 0 bridgehead atoms. The van der Waals surface area contributed by atoms with Crippen molar-refractivity contribution >= 4 is 41.2 Å². The van der Waals surface area contributed by atoms with Crippen molar-refractivity contribution < 1.29 is 4.74 Å². The zero-order valence-electron chi connectivity index (χ0n) is 10.8. The van der Waals surface area contributed by atoms with Gasteiger partial charge in [-0.1, -0.05) is 29.9 Å². The van der Waals surface area contributed by atoms with Crippen LogP contribution in [0.1, 0.15) is 13.3 Å². The minimum absolute atomic E-state index is 0. The second-order valence-corrected chi connectivity index (χ2v) is 5.59. The Morgan fingerprint density at radius 2 is 2.26 bits per heavy atom. The maximum Gasteiger partial charge on any atom is 0.120 e. The van der Waals surface area contributed by atoms with Crippen LogP contribution in [0.25, 0.3) is 0 Å². The standard InChI is InChI=1S/C13H17ClN2OS.ClH/c1-13(15)5-6-16(12(13)18)7-8-17-11-4-2-3-10(14)9-11;/h2-4,9H,5-8,15H2,1H3;1H. The molecule has 6 heteroatoms. The number of benzene rings is 1. The average Bonchev–Trinajstić information content (AvgIpc) is 2.56. The van der Waals surface area contributed by atoms with E-state index in [1.807, 2.05) is 25.1 Å². The van der Waals surface area contributed by atoms with Crippen molar-refractivity contribution in [2.24, 2.45) is 5.73 Å². The Labute approximate surface area is 130 Å². The van der Waals surface area contributed by atoms with Gasteiger partial charge in [0, 0.05) is 11.6 Å². The Kier molecular flexibility index (Phi) is 5.86. The molecule has 0 amide bonds. The van der Waals surface area contributed by atoms with Crippen molar-refractivity contribution in [1.82, 2.24) is 4.90 Å². The third kappa shape index (κ3) is 4.21. The molecule has 1 aromatic rings. The van der Waals surface area contributed by atoms with Gasteiger partial charge >= 0.3 is 0 Å². The minimum Gasteiger partial charge on any atom is -0.492 e. The van der Waals surface area contributed by atoms with Crippen molar-refractivity contribution in [2.45, 2.75) is 18.9 Å². The number of ether oxygens (including phenoxy) is 1. The third-order valence-electron chi connectivity index (χ3n) is 3.10. The summed E-state index contributed by atoms with van der Waals surface area (Å²) in [4.78, 5) is 2.94. The molecule has 1 aliphatic rings. The van der Waals surface area contributed by atoms with Crippen LogP contribution in [-0.4, -0.2) is 35.1 Å². The molecule has 2 N–H and O–H groups in total. The smallest absolute Gasteiger partial charge is 0.120 e. The SMILES string of the molecule is CC1(N)CCN(CCOc2cccc(Cl)c2)C1=S.Cl. The molecule has 0 spiro atoms. The lowest BCUT2D eigenvalue weighted by atomic mass is 10.0. The molecule has 1 unspecified atom stereocenters. The van der Waals surface area contributed by atoms with Gasteiger partial charge in [-0.15, -0.1) is 12.4 Å². The summed E-state index contributed by atoms with van der Waals surface area (Å²) in [5.74, 6) is 0.781. The molecule has 1 aliphatic heterocycles. The van der Waals surface area contributed by atoms with Crippen molar-refractivity contribution in [2.75, 3.05) is 19.7 Å². The van der Waals surface area contributed by atoms with Gasteiger partial charge in [-0.25, -0.2) is 0 Å². The molecule has 19 heavy (non-hydrogen) atoms. The van der Waals surface area contributed by atoms with Crippen LogP contribution in [0.2, 0.25) is 5.02 Å². The van der Waals surface area contributed by atoms with Gasteiger partial charge in [-0.05, 0) is 31.5 Å². The van der Waals surface area contributed by atoms with Crippen LogP contribution in [0.3, 0.4) is 0 Å². The number of thiocarbonyl (C=S) groups is 1. The van der Waals surface area contributed by atoms with E-state index in [1.54, 1.807) is 6.07 Å². The fourth-order valence-electron chi connectivity index (χ4n) is 1.98. The lowest BCUT2D eigenvalue weighted by Crippen LogP contribution is -2.44. The fourth-order valence-corrected chi connectivity index (χ4v) is 2.45. The van der Waals surface area contributed by atoms with Gasteiger partial charge in [0.2, 0.25) is 0 Å². The summed E-state index contributed by atoms with van der Waals surface area (Å²) < 4.78 is 5.64. The van der Waals surface area contributed by atoms with Crippen LogP contribution in [0.5, 0.6) is 5.75 Å². The van der Waals surface area contributed by atoms with Crippen LogP contribution < -0.4 is 10.5 Å². The summed E-state index contributed by atoms with van der Waals surface area (Å²) >= 11 is 11.2. The van der Waals surface area contributed by atoms with Crippen molar-refractivity contribution in [3.05, 3.63) is 29.3 Å². The Hall–Kier alpha value is -0.550. The van der Waals surface area contributed by atoms with E-state index in [-0.39, 0.29) is 17.9 Å². The normalized spacial score (nSPS) is 22.3. The van der Waals surface area contributed by atoms with Crippen LogP contribution in [0.4, 0.5) is 0 Å². The molecule has 1 aromatic carbocycles. The molecule has 2 rings (SSSR count). The largest absolute Gasteiger partial charge is 0.492 e. The molecule has 3 nitrogen and oxygen atoms in total. The zero-order valence-corrected chi connectivity index (χ0v) is 13.2. The molecule has 1 fully saturated rings. The first-order valence-electron chi connectivity index (χ1n) is 5.96. The Bertz CT molecular complexity index is 454. The number of rotatable bonds is 4. The summed E-state index contributed by atoms with van der Waals surface area (Å²) in [5.41, 5.74) is 5.73. The van der Waals surface area contributed by atoms with E-state index in [2.05, 4.69) is 4.90 Å². The van der Waals surface area contributed by atoms with Gasteiger partial charge in [0.05, 0.1) is 17.1 Å². The highest BCUT2D eigenvalue weighted by atomic mass is 35.5. The van der Waals surface area contributed by atoms with Gasteiger partial charge in [-0.2, -0.15) is 0 Å². The van der Waals surface area contributed by atoms with E-state index in [0.717, 1.165) is 30.2 Å². The summed E-state index contributed by atoms with van der Waals surface area (Å²) in [5, 5.41) is 0.679. The number of halogens is 2. The molecule has 1 saturated heterocycles. The molecule has 0 saturated carbocycles. The first kappa shape index (κ1) is 16.5. The number of hydrogen-bond acceptors (Lipinski definition) is 3. The van der Waals surface area contributed by atoms with Crippen molar-refractivity contribution in [3.8, 4) is 5.75 Å². The number of likely N-dealkylation sites (tertiary alicyclic amines) is 1. The first-order valence-corrected chi connectivity index (χ1v) is 6.74. The highest BCUT2D eigenvalue weighted by Gasteiger charge is 2.35. The molecule has 0 aromatic heterocycles. The number of nitrogens with two attached hydrogens (primary N) is 1. The Morgan fingerprint density at radius 3 is 2.84 bits per heavy atom. The lowest BCUT2D eigenvalue weighted by Gasteiger charge is -2.22. The second kappa shape index (κ2) is 6.75. The van der Waals surface area contributed by atoms with Crippen molar-refractivity contribution in [1.29, 1.82) is 0 Å². The van der Waals surface area contributed by atoms with E-state index in [9.17, 15) is 0 Å². The number of nitrogens with zero attached hydrogens (tertiary/aromatic N) is 1. The number of hydrogen-bond donors (Lipinski definition) is 1. The van der Waals surface area contributed by atoms with E-state index in [0.29, 0.717) is 11.6 Å². The summed E-state index contributed by atoms with van der Waals surface area (Å²) in [6.45, 7) is 4.23. The van der Waals surface area contributed by atoms with Crippen LogP contribution in [0, 0.1) is 0 Å². The average molecular weight is 321 g/mol. The highest BCUT2D eigenvalue weighted by Crippen LogP contribution is 2.21. The van der Waals surface area contributed by atoms with Gasteiger partial charge < -0.3 is 15.4 Å². The van der Waals surface area contributed by atoms with Crippen LogP contribution in [-0.2, 0) is 0 Å². The Morgan fingerprint density at radius 1 is 1.53 bits per heavy atom. The van der Waals surface area contributed by atoms with Crippen LogP contribution in [0.15, 0.2) is 24.3 Å². The quantitative estimate of drug-likeness (QED) is 0.866. The lowest BCUT2D eigenvalue weighted by molar-refractivity contribution is 0.277. The van der Waals surface area contributed by atoms with Gasteiger partial charge in [0.15, 0.2) is 0 Å². The van der Waals surface area contributed by atoms with Crippen LogP contribution >= 0.6 is 36.2 Å². The van der Waals surface area contributed by atoms with Gasteiger partial charge in [0.1, 0.15) is 12.4 Å².